The second-order valence-electron chi connectivity index (χ2n) is 9.09. The van der Waals surface area contributed by atoms with Gasteiger partial charge < -0.3 is 24.2 Å². The maximum atomic E-state index is 13.4. The normalized spacial score (nSPS) is 16.4. The molecule has 3 aromatic rings. The van der Waals surface area contributed by atoms with Gasteiger partial charge in [-0.3, -0.25) is 14.6 Å². The first kappa shape index (κ1) is 27.7. The molecule has 2 aromatic carbocycles. The number of aromatic nitrogens is 1. The summed E-state index contributed by atoms with van der Waals surface area (Å²) >= 11 is 0. The highest BCUT2D eigenvalue weighted by Gasteiger charge is 2.46. The monoisotopic (exact) mass is 530 g/mol. The molecule has 204 valence electrons. The standard InChI is InChI=1S/C31H34N2O6/c1-4-7-17-39-25-15-12-23(18-26(25)38-6-3)28-27(29(34)22-10-13-24(14-11-22)37-5-2)30(35)31(36)33(28)20-21-9-8-16-32-19-21/h8-16,18-19,28,34H,4-7,17,20H2,1-3H3. The van der Waals surface area contributed by atoms with Gasteiger partial charge in [0.1, 0.15) is 11.5 Å². The maximum absolute atomic E-state index is 13.4. The minimum absolute atomic E-state index is 0.00940. The van der Waals surface area contributed by atoms with Gasteiger partial charge in [0.2, 0.25) is 0 Å². The Balaban J connectivity index is 1.82. The Morgan fingerprint density at radius 3 is 2.38 bits per heavy atom. The molecule has 8 heteroatoms. The number of benzene rings is 2. The third-order valence-corrected chi connectivity index (χ3v) is 6.39. The van der Waals surface area contributed by atoms with Crippen LogP contribution in [-0.2, 0) is 16.1 Å². The van der Waals surface area contributed by atoms with Crippen LogP contribution in [0.5, 0.6) is 17.2 Å². The SMILES string of the molecule is CCCCOc1ccc(C2C(=C(O)c3ccc(OCC)cc3)C(=O)C(=O)N2Cc2cccnc2)cc1OCC. The number of amides is 1. The number of likely N-dealkylation sites (tertiary alicyclic amines) is 1. The lowest BCUT2D eigenvalue weighted by Crippen LogP contribution is -2.29. The summed E-state index contributed by atoms with van der Waals surface area (Å²) in [5, 5.41) is 11.4. The first-order valence-electron chi connectivity index (χ1n) is 13.3. The minimum Gasteiger partial charge on any atom is -0.507 e. The average molecular weight is 531 g/mol. The maximum Gasteiger partial charge on any atom is 0.295 e. The number of aliphatic hydroxyl groups is 1. The van der Waals surface area contributed by atoms with E-state index < -0.39 is 17.7 Å². The Kier molecular flexibility index (Phi) is 9.20. The number of Topliss-reactive ketones (excluding diaryl/α,β-unsaturated/α-hetero) is 1. The van der Waals surface area contributed by atoms with Gasteiger partial charge in [-0.2, -0.15) is 0 Å². The first-order valence-corrected chi connectivity index (χ1v) is 13.3. The summed E-state index contributed by atoms with van der Waals surface area (Å²) < 4.78 is 17.3. The molecule has 0 aliphatic carbocycles. The van der Waals surface area contributed by atoms with E-state index in [1.54, 1.807) is 54.9 Å². The third kappa shape index (κ3) is 6.22. The van der Waals surface area contributed by atoms with Crippen molar-refractivity contribution >= 4 is 17.4 Å². The molecule has 1 N–H and O–H groups in total. The van der Waals surface area contributed by atoms with Crippen molar-refractivity contribution in [3.8, 4) is 17.2 Å². The molecule has 0 saturated carbocycles. The van der Waals surface area contributed by atoms with Crippen molar-refractivity contribution in [3.63, 3.8) is 0 Å². The van der Waals surface area contributed by atoms with Gasteiger partial charge in [-0.05, 0) is 73.9 Å². The molecular weight excluding hydrogens is 496 g/mol. The van der Waals surface area contributed by atoms with E-state index in [-0.39, 0.29) is 17.9 Å². The molecule has 2 heterocycles. The van der Waals surface area contributed by atoms with Crippen molar-refractivity contribution in [2.45, 2.75) is 46.2 Å². The Labute approximate surface area is 228 Å². The Bertz CT molecular complexity index is 1320. The average Bonchev–Trinajstić information content (AvgIpc) is 3.20. The van der Waals surface area contributed by atoms with Crippen LogP contribution in [-0.4, -0.2) is 46.5 Å². The van der Waals surface area contributed by atoms with Crippen LogP contribution in [0.3, 0.4) is 0 Å². The zero-order valence-corrected chi connectivity index (χ0v) is 22.6. The van der Waals surface area contributed by atoms with Crippen molar-refractivity contribution in [2.24, 2.45) is 0 Å². The van der Waals surface area contributed by atoms with Crippen LogP contribution in [0, 0.1) is 0 Å². The van der Waals surface area contributed by atoms with Crippen molar-refractivity contribution in [1.29, 1.82) is 0 Å². The molecule has 1 amide bonds. The number of hydrogen-bond acceptors (Lipinski definition) is 7. The van der Waals surface area contributed by atoms with Gasteiger partial charge in [0.25, 0.3) is 11.7 Å². The Morgan fingerprint density at radius 1 is 0.949 bits per heavy atom. The van der Waals surface area contributed by atoms with Crippen molar-refractivity contribution < 1.29 is 28.9 Å². The van der Waals surface area contributed by atoms with Crippen LogP contribution in [0.15, 0.2) is 72.6 Å². The van der Waals surface area contributed by atoms with Gasteiger partial charge in [0, 0.05) is 24.5 Å². The van der Waals surface area contributed by atoms with Crippen LogP contribution in [0.1, 0.15) is 56.3 Å². The number of rotatable bonds is 12. The van der Waals surface area contributed by atoms with E-state index in [1.807, 2.05) is 26.0 Å². The van der Waals surface area contributed by atoms with Crippen LogP contribution < -0.4 is 14.2 Å². The number of carbonyl (C=O) groups is 2. The lowest BCUT2D eigenvalue weighted by molar-refractivity contribution is -0.140. The zero-order valence-electron chi connectivity index (χ0n) is 22.6. The summed E-state index contributed by atoms with van der Waals surface area (Å²) in [4.78, 5) is 32.4. The van der Waals surface area contributed by atoms with Gasteiger partial charge in [0.15, 0.2) is 11.5 Å². The highest BCUT2D eigenvalue weighted by Crippen LogP contribution is 2.43. The van der Waals surface area contributed by atoms with Crippen LogP contribution >= 0.6 is 0 Å². The molecule has 39 heavy (non-hydrogen) atoms. The van der Waals surface area contributed by atoms with Gasteiger partial charge in [-0.25, -0.2) is 0 Å². The van der Waals surface area contributed by atoms with E-state index in [2.05, 4.69) is 11.9 Å². The topological polar surface area (TPSA) is 98.2 Å². The number of nitrogens with zero attached hydrogens (tertiary/aromatic N) is 2. The molecule has 1 saturated heterocycles. The molecule has 4 rings (SSSR count). The molecule has 1 fully saturated rings. The largest absolute Gasteiger partial charge is 0.507 e. The fourth-order valence-electron chi connectivity index (χ4n) is 4.52. The van der Waals surface area contributed by atoms with E-state index in [0.717, 1.165) is 18.4 Å². The van der Waals surface area contributed by atoms with Crippen LogP contribution in [0.25, 0.3) is 5.76 Å². The summed E-state index contributed by atoms with van der Waals surface area (Å²) in [5.41, 5.74) is 1.80. The Hall–Kier alpha value is -4.33. The number of aliphatic hydroxyl groups excluding tert-OH is 1. The van der Waals surface area contributed by atoms with E-state index >= 15 is 0 Å². The van der Waals surface area contributed by atoms with Crippen molar-refractivity contribution in [3.05, 3.63) is 89.3 Å². The lowest BCUT2D eigenvalue weighted by atomic mass is 9.94. The fourth-order valence-corrected chi connectivity index (χ4v) is 4.52. The third-order valence-electron chi connectivity index (χ3n) is 6.39. The van der Waals surface area contributed by atoms with E-state index in [1.165, 1.54) is 4.90 Å². The highest BCUT2D eigenvalue weighted by atomic mass is 16.5. The first-order chi connectivity index (χ1) is 19.0. The quantitative estimate of drug-likeness (QED) is 0.139. The summed E-state index contributed by atoms with van der Waals surface area (Å²) in [5.74, 6) is 0.0388. The zero-order chi connectivity index (χ0) is 27.8. The second kappa shape index (κ2) is 13.0. The number of carbonyl (C=O) groups excluding carboxylic acids is 2. The summed E-state index contributed by atoms with van der Waals surface area (Å²) in [6.45, 7) is 7.46. The van der Waals surface area contributed by atoms with E-state index in [4.69, 9.17) is 14.2 Å². The molecule has 1 atom stereocenters. The van der Waals surface area contributed by atoms with E-state index in [9.17, 15) is 14.7 Å². The predicted molar refractivity (Wildman–Crippen MR) is 148 cm³/mol. The van der Waals surface area contributed by atoms with Crippen molar-refractivity contribution in [1.82, 2.24) is 9.88 Å². The fraction of sp³-hybridized carbons (Fsp3) is 0.323. The molecule has 0 bridgehead atoms. The smallest absolute Gasteiger partial charge is 0.295 e. The summed E-state index contributed by atoms with van der Waals surface area (Å²) in [6.07, 6.45) is 5.20. The molecule has 1 aromatic heterocycles. The Morgan fingerprint density at radius 2 is 1.72 bits per heavy atom. The van der Waals surface area contributed by atoms with Crippen LogP contribution in [0.4, 0.5) is 0 Å². The molecular formula is C31H34N2O6. The predicted octanol–water partition coefficient (Wildman–Crippen LogP) is 5.68. The van der Waals surface area contributed by atoms with Gasteiger partial charge in [-0.15, -0.1) is 0 Å². The number of unbranched alkanes of at least 4 members (excludes halogenated alkanes) is 1. The number of ketones is 1. The number of ether oxygens (including phenoxy) is 3. The molecule has 8 nitrogen and oxygen atoms in total. The highest BCUT2D eigenvalue weighted by molar-refractivity contribution is 6.46. The lowest BCUT2D eigenvalue weighted by Gasteiger charge is -2.26. The van der Waals surface area contributed by atoms with Gasteiger partial charge >= 0.3 is 0 Å². The number of pyridine rings is 1. The molecule has 0 radical (unpaired) electrons. The minimum atomic E-state index is -0.847. The molecule has 1 aliphatic heterocycles. The van der Waals surface area contributed by atoms with E-state index in [0.29, 0.717) is 48.2 Å². The second-order valence-corrected chi connectivity index (χ2v) is 9.09. The van der Waals surface area contributed by atoms with Crippen molar-refractivity contribution in [2.75, 3.05) is 19.8 Å². The van der Waals surface area contributed by atoms with Gasteiger partial charge in [0.05, 0.1) is 31.4 Å². The molecule has 1 aliphatic rings. The summed E-state index contributed by atoms with van der Waals surface area (Å²) in [6, 6.07) is 14.9. The molecule has 0 spiro atoms. The molecule has 1 unspecified atom stereocenters. The van der Waals surface area contributed by atoms with Crippen LogP contribution in [0.2, 0.25) is 0 Å². The summed E-state index contributed by atoms with van der Waals surface area (Å²) in [7, 11) is 0. The number of hydrogen-bond donors (Lipinski definition) is 1. The van der Waals surface area contributed by atoms with Gasteiger partial charge in [-0.1, -0.05) is 25.5 Å².